The quantitative estimate of drug-likeness (QED) is 0.767. The third-order valence-electron chi connectivity index (χ3n) is 4.13. The molecule has 0 fully saturated rings. The number of hydrogen-bond acceptors (Lipinski definition) is 2. The van der Waals surface area contributed by atoms with Crippen LogP contribution in [0, 0.1) is 5.92 Å². The lowest BCUT2D eigenvalue weighted by Crippen LogP contribution is -2.35. The van der Waals surface area contributed by atoms with Gasteiger partial charge in [0.1, 0.15) is 0 Å². The zero-order chi connectivity index (χ0) is 15.1. The Kier molecular flexibility index (Phi) is 7.57. The minimum atomic E-state index is 0.375. The van der Waals surface area contributed by atoms with Gasteiger partial charge in [-0.25, -0.2) is 0 Å². The summed E-state index contributed by atoms with van der Waals surface area (Å²) in [5.74, 6) is 0.684. The van der Waals surface area contributed by atoms with Crippen LogP contribution in [0.15, 0.2) is 24.3 Å². The summed E-state index contributed by atoms with van der Waals surface area (Å²) in [6, 6.07) is 9.17. The van der Waals surface area contributed by atoms with E-state index >= 15 is 0 Å². The molecule has 0 amide bonds. The van der Waals surface area contributed by atoms with Gasteiger partial charge in [0.2, 0.25) is 0 Å². The maximum absolute atomic E-state index is 6.11. The van der Waals surface area contributed by atoms with Crippen molar-refractivity contribution in [3.63, 3.8) is 0 Å². The van der Waals surface area contributed by atoms with Crippen molar-refractivity contribution < 1.29 is 0 Å². The lowest BCUT2D eigenvalue weighted by Gasteiger charge is -2.29. The molecular formula is C17H29ClN2. The predicted molar refractivity (Wildman–Crippen MR) is 89.4 cm³/mol. The molecule has 0 bridgehead atoms. The molecule has 0 heterocycles. The lowest BCUT2D eigenvalue weighted by atomic mass is 10.0. The van der Waals surface area contributed by atoms with Crippen LogP contribution in [0.2, 0.25) is 5.02 Å². The van der Waals surface area contributed by atoms with Crippen molar-refractivity contribution >= 4 is 11.6 Å². The molecule has 2 atom stereocenters. The summed E-state index contributed by atoms with van der Waals surface area (Å²) >= 11 is 6.11. The molecule has 1 aromatic rings. The fourth-order valence-corrected chi connectivity index (χ4v) is 2.60. The molecular weight excluding hydrogens is 268 g/mol. The molecule has 20 heavy (non-hydrogen) atoms. The Labute approximate surface area is 129 Å². The van der Waals surface area contributed by atoms with Gasteiger partial charge in [-0.2, -0.15) is 0 Å². The topological polar surface area (TPSA) is 15.3 Å². The summed E-state index contributed by atoms with van der Waals surface area (Å²) in [6.07, 6.45) is 1.10. The fourth-order valence-electron chi connectivity index (χ4n) is 2.40. The maximum atomic E-state index is 6.11. The minimum Gasteiger partial charge on any atom is -0.310 e. The van der Waals surface area contributed by atoms with Gasteiger partial charge < -0.3 is 10.2 Å². The van der Waals surface area contributed by atoms with E-state index in [0.29, 0.717) is 18.0 Å². The molecule has 3 heteroatoms. The Bertz CT molecular complexity index is 392. The predicted octanol–water partition coefficient (Wildman–Crippen LogP) is 4.36. The number of nitrogens with one attached hydrogen (secondary N) is 1. The molecule has 0 saturated heterocycles. The normalized spacial score (nSPS) is 14.8. The monoisotopic (exact) mass is 296 g/mol. The summed E-state index contributed by atoms with van der Waals surface area (Å²) in [6.45, 7) is 11.1. The number of rotatable bonds is 8. The van der Waals surface area contributed by atoms with Crippen LogP contribution in [-0.4, -0.2) is 31.1 Å². The van der Waals surface area contributed by atoms with Gasteiger partial charge in [-0.15, -0.1) is 0 Å². The van der Waals surface area contributed by atoms with E-state index in [0.717, 1.165) is 24.5 Å². The molecule has 0 aromatic heterocycles. The Morgan fingerprint density at radius 1 is 1.25 bits per heavy atom. The smallest absolute Gasteiger partial charge is 0.0409 e. The van der Waals surface area contributed by atoms with E-state index in [1.165, 1.54) is 5.56 Å². The Balaban J connectivity index is 2.64. The molecule has 2 nitrogen and oxygen atoms in total. The number of nitrogens with zero attached hydrogens (tertiary/aromatic N) is 1. The summed E-state index contributed by atoms with van der Waals surface area (Å²) in [5, 5.41) is 4.38. The second-order valence-corrected chi connectivity index (χ2v) is 6.36. The molecule has 0 spiro atoms. The average molecular weight is 297 g/mol. The average Bonchev–Trinajstić information content (AvgIpc) is 2.42. The molecule has 0 aliphatic carbocycles. The first kappa shape index (κ1) is 17.5. The van der Waals surface area contributed by atoms with Crippen LogP contribution in [0.4, 0.5) is 0 Å². The van der Waals surface area contributed by atoms with Crippen LogP contribution in [0.1, 0.15) is 45.7 Å². The molecule has 2 unspecified atom stereocenters. The summed E-state index contributed by atoms with van der Waals surface area (Å²) in [4.78, 5) is 2.44. The first-order valence-electron chi connectivity index (χ1n) is 7.64. The van der Waals surface area contributed by atoms with E-state index in [4.69, 9.17) is 11.6 Å². The largest absolute Gasteiger partial charge is 0.310 e. The van der Waals surface area contributed by atoms with Gasteiger partial charge in [0.05, 0.1) is 0 Å². The van der Waals surface area contributed by atoms with E-state index in [1.54, 1.807) is 0 Å². The van der Waals surface area contributed by atoms with Gasteiger partial charge in [0.15, 0.2) is 0 Å². The van der Waals surface area contributed by atoms with Gasteiger partial charge >= 0.3 is 0 Å². The summed E-state index contributed by atoms with van der Waals surface area (Å²) in [7, 11) is 2.21. The van der Waals surface area contributed by atoms with Crippen molar-refractivity contribution in [2.45, 2.75) is 46.2 Å². The van der Waals surface area contributed by atoms with Crippen LogP contribution >= 0.6 is 11.6 Å². The van der Waals surface area contributed by atoms with Crippen molar-refractivity contribution in [2.75, 3.05) is 20.1 Å². The third-order valence-corrected chi connectivity index (χ3v) is 4.37. The van der Waals surface area contributed by atoms with Crippen LogP contribution < -0.4 is 5.32 Å². The van der Waals surface area contributed by atoms with Crippen LogP contribution in [0.5, 0.6) is 0 Å². The van der Waals surface area contributed by atoms with Gasteiger partial charge in [-0.1, -0.05) is 44.5 Å². The highest BCUT2D eigenvalue weighted by atomic mass is 35.5. The maximum Gasteiger partial charge on any atom is 0.0409 e. The lowest BCUT2D eigenvalue weighted by molar-refractivity contribution is 0.198. The molecule has 1 rings (SSSR count). The minimum absolute atomic E-state index is 0.375. The van der Waals surface area contributed by atoms with Crippen LogP contribution in [-0.2, 0) is 0 Å². The molecule has 0 aliphatic heterocycles. The molecule has 0 aliphatic rings. The molecule has 0 radical (unpaired) electrons. The van der Waals surface area contributed by atoms with E-state index in [-0.39, 0.29) is 0 Å². The Morgan fingerprint density at radius 2 is 1.95 bits per heavy atom. The summed E-state index contributed by atoms with van der Waals surface area (Å²) in [5.41, 5.74) is 1.28. The van der Waals surface area contributed by atoms with Gasteiger partial charge in [0.25, 0.3) is 0 Å². The van der Waals surface area contributed by atoms with E-state index in [9.17, 15) is 0 Å². The fraction of sp³-hybridized carbons (Fsp3) is 0.647. The van der Waals surface area contributed by atoms with Crippen molar-refractivity contribution in [3.8, 4) is 0 Å². The van der Waals surface area contributed by atoms with Crippen LogP contribution in [0.3, 0.4) is 0 Å². The Hall–Kier alpha value is -0.570. The Morgan fingerprint density at radius 3 is 2.50 bits per heavy atom. The van der Waals surface area contributed by atoms with Crippen molar-refractivity contribution in [3.05, 3.63) is 34.9 Å². The van der Waals surface area contributed by atoms with Gasteiger partial charge in [0, 0.05) is 17.1 Å². The highest BCUT2D eigenvalue weighted by Crippen LogP contribution is 2.21. The summed E-state index contributed by atoms with van der Waals surface area (Å²) < 4.78 is 0. The molecule has 1 N–H and O–H groups in total. The third kappa shape index (κ3) is 5.43. The SMILES string of the molecule is CCNC(CCN(C)C(C)C(C)C)c1cccc(Cl)c1. The zero-order valence-corrected chi connectivity index (χ0v) is 14.2. The number of halogens is 1. The van der Waals surface area contributed by atoms with Crippen molar-refractivity contribution in [1.29, 1.82) is 0 Å². The van der Waals surface area contributed by atoms with E-state index in [1.807, 2.05) is 12.1 Å². The van der Waals surface area contributed by atoms with E-state index < -0.39 is 0 Å². The number of benzene rings is 1. The standard InChI is InChI=1S/C17H29ClN2/c1-6-19-17(15-8-7-9-16(18)12-15)10-11-20(5)14(4)13(2)3/h7-9,12-14,17,19H,6,10-11H2,1-5H3. The van der Waals surface area contributed by atoms with Gasteiger partial charge in [-0.3, -0.25) is 0 Å². The molecule has 1 aromatic carbocycles. The first-order valence-corrected chi connectivity index (χ1v) is 8.02. The van der Waals surface area contributed by atoms with Crippen molar-refractivity contribution in [2.24, 2.45) is 5.92 Å². The number of hydrogen-bond donors (Lipinski definition) is 1. The molecule has 0 saturated carbocycles. The first-order chi connectivity index (χ1) is 9.45. The van der Waals surface area contributed by atoms with Crippen LogP contribution in [0.25, 0.3) is 0 Å². The zero-order valence-electron chi connectivity index (χ0n) is 13.5. The highest BCUT2D eigenvalue weighted by molar-refractivity contribution is 6.30. The van der Waals surface area contributed by atoms with Crippen molar-refractivity contribution in [1.82, 2.24) is 10.2 Å². The molecule has 114 valence electrons. The second-order valence-electron chi connectivity index (χ2n) is 5.92. The van der Waals surface area contributed by atoms with Gasteiger partial charge in [-0.05, 0) is 57.1 Å². The second kappa shape index (κ2) is 8.66. The highest BCUT2D eigenvalue weighted by Gasteiger charge is 2.16. The van der Waals surface area contributed by atoms with E-state index in [2.05, 4.69) is 57.1 Å².